The zero-order valence-corrected chi connectivity index (χ0v) is 17.7. The molecule has 0 N–H and O–H groups in total. The van der Waals surface area contributed by atoms with Crippen molar-refractivity contribution >= 4 is 23.1 Å². The molecule has 1 amide bonds. The maximum absolute atomic E-state index is 12.8. The first kappa shape index (κ1) is 21.3. The van der Waals surface area contributed by atoms with Crippen molar-refractivity contribution in [2.45, 2.75) is 19.5 Å². The van der Waals surface area contributed by atoms with Crippen LogP contribution in [-0.2, 0) is 17.4 Å². The summed E-state index contributed by atoms with van der Waals surface area (Å²) >= 11 is 1.58. The highest BCUT2D eigenvalue weighted by atomic mass is 32.1. The van der Waals surface area contributed by atoms with Crippen LogP contribution in [0.25, 0.3) is 10.6 Å². The Balaban J connectivity index is 1.35. The van der Waals surface area contributed by atoms with Gasteiger partial charge in [0.2, 0.25) is 5.91 Å². The number of rotatable bonds is 4. The largest absolute Gasteiger partial charge is 0.417 e. The molecule has 9 heteroatoms. The summed E-state index contributed by atoms with van der Waals surface area (Å²) < 4.78 is 38.1. The average Bonchev–Trinajstić information content (AvgIpc) is 3.14. The summed E-state index contributed by atoms with van der Waals surface area (Å²) in [6, 6.07) is 12.3. The van der Waals surface area contributed by atoms with E-state index in [0.29, 0.717) is 32.0 Å². The first-order valence-corrected chi connectivity index (χ1v) is 10.7. The van der Waals surface area contributed by atoms with E-state index in [-0.39, 0.29) is 12.3 Å². The molecule has 0 bridgehead atoms. The summed E-state index contributed by atoms with van der Waals surface area (Å²) in [6.45, 7) is 4.01. The SMILES string of the molecule is Cc1sc(-c2ccccc2)nc1CC(=O)N1CCN(c2ccc(C(F)(F)F)cn2)CC1. The van der Waals surface area contributed by atoms with E-state index in [2.05, 4.69) is 9.97 Å². The number of aryl methyl sites for hydroxylation is 1. The fourth-order valence-electron chi connectivity index (χ4n) is 3.48. The minimum absolute atomic E-state index is 0.00744. The summed E-state index contributed by atoms with van der Waals surface area (Å²) in [6.07, 6.45) is -3.30. The number of pyridine rings is 1. The van der Waals surface area contributed by atoms with Gasteiger partial charge in [0.1, 0.15) is 10.8 Å². The van der Waals surface area contributed by atoms with Crippen molar-refractivity contribution in [2.75, 3.05) is 31.1 Å². The van der Waals surface area contributed by atoms with Gasteiger partial charge >= 0.3 is 6.18 Å². The van der Waals surface area contributed by atoms with E-state index in [0.717, 1.165) is 33.4 Å². The molecule has 0 aliphatic carbocycles. The normalized spacial score (nSPS) is 14.7. The van der Waals surface area contributed by atoms with Crippen LogP contribution in [0.5, 0.6) is 0 Å². The van der Waals surface area contributed by atoms with Crippen LogP contribution >= 0.6 is 11.3 Å². The highest BCUT2D eigenvalue weighted by molar-refractivity contribution is 7.15. The van der Waals surface area contributed by atoms with Crippen molar-refractivity contribution in [1.29, 1.82) is 0 Å². The first-order chi connectivity index (χ1) is 14.8. The molecule has 0 spiro atoms. The third-order valence-electron chi connectivity index (χ3n) is 5.26. The zero-order chi connectivity index (χ0) is 22.0. The quantitative estimate of drug-likeness (QED) is 0.595. The van der Waals surface area contributed by atoms with Gasteiger partial charge in [0.05, 0.1) is 17.7 Å². The second-order valence-electron chi connectivity index (χ2n) is 7.34. The second kappa shape index (κ2) is 8.66. The Bertz CT molecular complexity index is 1040. The molecule has 4 rings (SSSR count). The Labute approximate surface area is 182 Å². The van der Waals surface area contributed by atoms with Gasteiger partial charge in [-0.15, -0.1) is 11.3 Å². The molecule has 162 valence electrons. The predicted octanol–water partition coefficient (Wildman–Crippen LogP) is 4.42. The number of amides is 1. The molecule has 0 saturated carbocycles. The number of nitrogens with zero attached hydrogens (tertiary/aromatic N) is 4. The first-order valence-electron chi connectivity index (χ1n) is 9.89. The van der Waals surface area contributed by atoms with Crippen molar-refractivity contribution in [3.8, 4) is 10.6 Å². The molecular formula is C22H21F3N4OS. The highest BCUT2D eigenvalue weighted by Crippen LogP contribution is 2.30. The van der Waals surface area contributed by atoms with Crippen molar-refractivity contribution in [1.82, 2.24) is 14.9 Å². The van der Waals surface area contributed by atoms with Gasteiger partial charge in [-0.3, -0.25) is 4.79 Å². The Morgan fingerprint density at radius 1 is 1.06 bits per heavy atom. The summed E-state index contributed by atoms with van der Waals surface area (Å²) in [4.78, 5) is 26.1. The lowest BCUT2D eigenvalue weighted by Crippen LogP contribution is -2.49. The van der Waals surface area contributed by atoms with Crippen LogP contribution < -0.4 is 4.90 Å². The molecule has 1 saturated heterocycles. The lowest BCUT2D eigenvalue weighted by Gasteiger charge is -2.35. The monoisotopic (exact) mass is 446 g/mol. The number of hydrogen-bond acceptors (Lipinski definition) is 5. The molecule has 0 radical (unpaired) electrons. The number of benzene rings is 1. The van der Waals surface area contributed by atoms with Gasteiger partial charge in [-0.2, -0.15) is 13.2 Å². The zero-order valence-electron chi connectivity index (χ0n) is 16.9. The third-order valence-corrected chi connectivity index (χ3v) is 6.33. The number of hydrogen-bond donors (Lipinski definition) is 0. The smallest absolute Gasteiger partial charge is 0.353 e. The van der Waals surface area contributed by atoms with Crippen LogP contribution in [0.1, 0.15) is 16.1 Å². The van der Waals surface area contributed by atoms with E-state index in [9.17, 15) is 18.0 Å². The van der Waals surface area contributed by atoms with Gasteiger partial charge in [-0.25, -0.2) is 9.97 Å². The molecule has 1 fully saturated rings. The van der Waals surface area contributed by atoms with Gasteiger partial charge in [0, 0.05) is 42.8 Å². The highest BCUT2D eigenvalue weighted by Gasteiger charge is 2.31. The Morgan fingerprint density at radius 2 is 1.77 bits per heavy atom. The maximum atomic E-state index is 12.8. The molecule has 31 heavy (non-hydrogen) atoms. The molecule has 2 aromatic heterocycles. The van der Waals surface area contributed by atoms with E-state index in [4.69, 9.17) is 0 Å². The molecule has 3 aromatic rings. The third kappa shape index (κ3) is 4.87. The molecular weight excluding hydrogens is 425 g/mol. The van der Waals surface area contributed by atoms with Crippen LogP contribution in [0.15, 0.2) is 48.7 Å². The van der Waals surface area contributed by atoms with E-state index in [1.165, 1.54) is 6.07 Å². The van der Waals surface area contributed by atoms with E-state index >= 15 is 0 Å². The average molecular weight is 446 g/mol. The number of carbonyl (C=O) groups is 1. The van der Waals surface area contributed by atoms with Gasteiger partial charge in [0.15, 0.2) is 0 Å². The molecule has 0 atom stereocenters. The summed E-state index contributed by atoms with van der Waals surface area (Å²) in [5.41, 5.74) is 1.06. The van der Waals surface area contributed by atoms with Crippen molar-refractivity contribution in [2.24, 2.45) is 0 Å². The number of halogens is 3. The topological polar surface area (TPSA) is 49.3 Å². The number of carbonyl (C=O) groups excluding carboxylic acids is 1. The van der Waals surface area contributed by atoms with Crippen LogP contribution in [0.3, 0.4) is 0 Å². The van der Waals surface area contributed by atoms with Crippen LogP contribution in [0.2, 0.25) is 0 Å². The van der Waals surface area contributed by atoms with Gasteiger partial charge in [-0.1, -0.05) is 30.3 Å². The van der Waals surface area contributed by atoms with Crippen LogP contribution in [0, 0.1) is 6.92 Å². The standard InChI is InChI=1S/C22H21F3N4OS/c1-15-18(27-21(31-15)16-5-3-2-4-6-16)13-20(30)29-11-9-28(10-12-29)19-8-7-17(14-26-19)22(23,24)25/h2-8,14H,9-13H2,1H3. The van der Waals surface area contributed by atoms with E-state index in [1.807, 2.05) is 42.2 Å². The number of anilines is 1. The fourth-order valence-corrected chi connectivity index (χ4v) is 4.41. The molecule has 5 nitrogen and oxygen atoms in total. The number of thiazole rings is 1. The number of aromatic nitrogens is 2. The number of piperazine rings is 1. The van der Waals surface area contributed by atoms with Gasteiger partial charge < -0.3 is 9.80 Å². The molecule has 0 unspecified atom stereocenters. The Kier molecular flexibility index (Phi) is 5.95. The lowest BCUT2D eigenvalue weighted by molar-refractivity contribution is -0.137. The van der Waals surface area contributed by atoms with Crippen LogP contribution in [-0.4, -0.2) is 47.0 Å². The fraction of sp³-hybridized carbons (Fsp3) is 0.318. The summed E-state index contributed by atoms with van der Waals surface area (Å²) in [5.74, 6) is 0.496. The minimum Gasteiger partial charge on any atom is -0.353 e. The summed E-state index contributed by atoms with van der Waals surface area (Å²) in [7, 11) is 0. The lowest BCUT2D eigenvalue weighted by atomic mass is 10.2. The minimum atomic E-state index is -4.40. The number of alkyl halides is 3. The van der Waals surface area contributed by atoms with E-state index < -0.39 is 11.7 Å². The Morgan fingerprint density at radius 3 is 2.39 bits per heavy atom. The van der Waals surface area contributed by atoms with Crippen molar-refractivity contribution in [3.63, 3.8) is 0 Å². The molecule has 1 aromatic carbocycles. The maximum Gasteiger partial charge on any atom is 0.417 e. The Hall–Kier alpha value is -2.94. The van der Waals surface area contributed by atoms with Crippen molar-refractivity contribution in [3.05, 3.63) is 64.8 Å². The van der Waals surface area contributed by atoms with Gasteiger partial charge in [0.25, 0.3) is 0 Å². The second-order valence-corrected chi connectivity index (χ2v) is 8.54. The molecule has 3 heterocycles. The molecule has 1 aliphatic heterocycles. The van der Waals surface area contributed by atoms with Crippen molar-refractivity contribution < 1.29 is 18.0 Å². The molecule has 1 aliphatic rings. The van der Waals surface area contributed by atoms with Gasteiger partial charge in [-0.05, 0) is 19.1 Å². The van der Waals surface area contributed by atoms with Crippen LogP contribution in [0.4, 0.5) is 19.0 Å². The predicted molar refractivity (Wildman–Crippen MR) is 114 cm³/mol. The summed E-state index contributed by atoms with van der Waals surface area (Å²) in [5, 5.41) is 0.902. The van der Waals surface area contributed by atoms with E-state index in [1.54, 1.807) is 16.2 Å².